The summed E-state index contributed by atoms with van der Waals surface area (Å²) in [5.41, 5.74) is 0. The van der Waals surface area contributed by atoms with Gasteiger partial charge in [-0.25, -0.2) is 0 Å². The predicted molar refractivity (Wildman–Crippen MR) is 63.1 cm³/mol. The van der Waals surface area contributed by atoms with E-state index in [4.69, 9.17) is 4.74 Å². The van der Waals surface area contributed by atoms with E-state index in [1.165, 1.54) is 12.3 Å². The molecule has 3 nitrogen and oxygen atoms in total. The summed E-state index contributed by atoms with van der Waals surface area (Å²) in [6, 6.07) is 0.617. The van der Waals surface area contributed by atoms with Gasteiger partial charge < -0.3 is 15.0 Å². The topological polar surface area (TPSA) is 24.5 Å². The summed E-state index contributed by atoms with van der Waals surface area (Å²) in [5.74, 6) is 1.22. The number of ether oxygens (including phenoxy) is 1. The smallest absolute Gasteiger partial charge is 0.0711 e. The third-order valence-corrected chi connectivity index (χ3v) is 3.31. The average molecular weight is 218 g/mol. The van der Waals surface area contributed by atoms with Crippen molar-refractivity contribution < 1.29 is 4.74 Å². The van der Waals surface area contributed by atoms with Crippen molar-refractivity contribution in [3.8, 4) is 0 Å². The van der Waals surface area contributed by atoms with Crippen LogP contribution in [0.4, 0.5) is 0 Å². The maximum Gasteiger partial charge on any atom is 0.0711 e. The maximum absolute atomic E-state index is 5.32. The van der Waals surface area contributed by atoms with E-state index in [1.54, 1.807) is 7.11 Å². The Morgan fingerprint density at radius 1 is 1.57 bits per heavy atom. The number of nitrogens with one attached hydrogen (secondary N) is 1. The summed E-state index contributed by atoms with van der Waals surface area (Å²) in [6.07, 6.45) is 3.73. The number of methoxy groups -OCH3 is 1. The first-order chi connectivity index (χ1) is 6.76. The fourth-order valence-corrected chi connectivity index (χ4v) is 2.31. The molecule has 0 aromatic heterocycles. The molecule has 0 aliphatic carbocycles. The van der Waals surface area contributed by atoms with Gasteiger partial charge in [-0.15, -0.1) is 0 Å². The number of hydrogen-bond acceptors (Lipinski definition) is 4. The van der Waals surface area contributed by atoms with Gasteiger partial charge >= 0.3 is 0 Å². The van der Waals surface area contributed by atoms with Crippen LogP contribution in [-0.4, -0.2) is 62.8 Å². The highest BCUT2D eigenvalue weighted by Gasteiger charge is 2.24. The van der Waals surface area contributed by atoms with Crippen LogP contribution in [0.3, 0.4) is 0 Å². The summed E-state index contributed by atoms with van der Waals surface area (Å²) >= 11 is 1.91. The van der Waals surface area contributed by atoms with Gasteiger partial charge in [0.05, 0.1) is 6.10 Å². The van der Waals surface area contributed by atoms with E-state index in [2.05, 4.69) is 23.5 Å². The molecule has 0 radical (unpaired) electrons. The van der Waals surface area contributed by atoms with E-state index in [0.717, 1.165) is 19.5 Å². The van der Waals surface area contributed by atoms with Gasteiger partial charge in [-0.1, -0.05) is 0 Å². The van der Waals surface area contributed by atoms with Crippen molar-refractivity contribution >= 4 is 11.8 Å². The molecule has 84 valence electrons. The number of hydrogen-bond donors (Lipinski definition) is 1. The summed E-state index contributed by atoms with van der Waals surface area (Å²) in [7, 11) is 3.99. The van der Waals surface area contributed by atoms with Crippen molar-refractivity contribution in [1.82, 2.24) is 10.2 Å². The van der Waals surface area contributed by atoms with E-state index >= 15 is 0 Å². The standard InChI is InChI=1S/C10H22N2OS/c1-12(4-5-14-3)8-9-6-10(13-2)7-11-9/h9-11H,4-8H2,1-3H3. The third kappa shape index (κ3) is 4.17. The Morgan fingerprint density at radius 2 is 2.36 bits per heavy atom. The van der Waals surface area contributed by atoms with Crippen LogP contribution in [0, 0.1) is 0 Å². The number of rotatable bonds is 6. The molecule has 1 N–H and O–H groups in total. The molecule has 1 aliphatic heterocycles. The molecule has 1 saturated heterocycles. The molecule has 14 heavy (non-hydrogen) atoms. The van der Waals surface area contributed by atoms with Crippen molar-refractivity contribution in [3.63, 3.8) is 0 Å². The fraction of sp³-hybridized carbons (Fsp3) is 1.00. The van der Waals surface area contributed by atoms with Crippen LogP contribution in [0.2, 0.25) is 0 Å². The van der Waals surface area contributed by atoms with Crippen LogP contribution in [0.15, 0.2) is 0 Å². The van der Waals surface area contributed by atoms with Gasteiger partial charge in [0.15, 0.2) is 0 Å². The minimum atomic E-state index is 0.425. The number of nitrogens with zero attached hydrogens (tertiary/aromatic N) is 1. The third-order valence-electron chi connectivity index (χ3n) is 2.72. The molecule has 2 atom stereocenters. The van der Waals surface area contributed by atoms with Gasteiger partial charge in [-0.3, -0.25) is 0 Å². The average Bonchev–Trinajstić information content (AvgIpc) is 2.62. The lowest BCUT2D eigenvalue weighted by molar-refractivity contribution is 0.116. The Balaban J connectivity index is 2.12. The van der Waals surface area contributed by atoms with Crippen molar-refractivity contribution in [3.05, 3.63) is 0 Å². The largest absolute Gasteiger partial charge is 0.380 e. The van der Waals surface area contributed by atoms with Crippen LogP contribution in [0.5, 0.6) is 0 Å². The molecule has 1 fully saturated rings. The second kappa shape index (κ2) is 6.67. The van der Waals surface area contributed by atoms with Gasteiger partial charge in [0.25, 0.3) is 0 Å². The molecule has 1 heterocycles. The zero-order chi connectivity index (χ0) is 10.4. The molecular formula is C10H22N2OS. The zero-order valence-corrected chi connectivity index (χ0v) is 10.3. The minimum Gasteiger partial charge on any atom is -0.380 e. The van der Waals surface area contributed by atoms with E-state index in [1.807, 2.05) is 11.8 Å². The highest BCUT2D eigenvalue weighted by Crippen LogP contribution is 2.10. The van der Waals surface area contributed by atoms with Crippen LogP contribution in [0.1, 0.15) is 6.42 Å². The van der Waals surface area contributed by atoms with Crippen molar-refractivity contribution in [2.24, 2.45) is 0 Å². The Morgan fingerprint density at radius 3 is 2.93 bits per heavy atom. The lowest BCUT2D eigenvalue weighted by Gasteiger charge is -2.20. The Kier molecular flexibility index (Phi) is 5.86. The molecule has 2 unspecified atom stereocenters. The van der Waals surface area contributed by atoms with Crippen LogP contribution < -0.4 is 5.32 Å². The van der Waals surface area contributed by atoms with Gasteiger partial charge in [0.1, 0.15) is 0 Å². The fourth-order valence-electron chi connectivity index (χ4n) is 1.82. The molecule has 0 saturated carbocycles. The highest BCUT2D eigenvalue weighted by molar-refractivity contribution is 7.98. The maximum atomic E-state index is 5.32. The highest BCUT2D eigenvalue weighted by atomic mass is 32.2. The van der Waals surface area contributed by atoms with Crippen LogP contribution in [0.25, 0.3) is 0 Å². The van der Waals surface area contributed by atoms with Crippen LogP contribution in [-0.2, 0) is 4.74 Å². The predicted octanol–water partition coefficient (Wildman–Crippen LogP) is 0.658. The Hall–Kier alpha value is 0.230. The lowest BCUT2D eigenvalue weighted by Crippen LogP contribution is -2.36. The van der Waals surface area contributed by atoms with E-state index in [9.17, 15) is 0 Å². The van der Waals surface area contributed by atoms with Gasteiger partial charge in [-0.2, -0.15) is 11.8 Å². The molecule has 0 spiro atoms. The van der Waals surface area contributed by atoms with Crippen molar-refractivity contribution in [2.75, 3.05) is 45.8 Å². The first-order valence-corrected chi connectivity index (χ1v) is 6.59. The Labute approximate surface area is 91.6 Å². The second-order valence-electron chi connectivity index (χ2n) is 3.95. The number of likely N-dealkylation sites (N-methyl/N-ethyl adjacent to an activating group) is 1. The summed E-state index contributed by atoms with van der Waals surface area (Å²) < 4.78 is 5.32. The van der Waals surface area contributed by atoms with Gasteiger partial charge in [0.2, 0.25) is 0 Å². The summed E-state index contributed by atoms with van der Waals surface area (Å²) in [6.45, 7) is 3.33. The molecule has 0 amide bonds. The molecule has 1 rings (SSSR count). The quantitative estimate of drug-likeness (QED) is 0.708. The molecular weight excluding hydrogens is 196 g/mol. The Bertz CT molecular complexity index is 157. The van der Waals surface area contributed by atoms with Gasteiger partial charge in [-0.05, 0) is 19.7 Å². The molecule has 4 heteroatoms. The lowest BCUT2D eigenvalue weighted by atomic mass is 10.2. The summed E-state index contributed by atoms with van der Waals surface area (Å²) in [5, 5.41) is 3.49. The summed E-state index contributed by atoms with van der Waals surface area (Å²) in [4.78, 5) is 2.40. The van der Waals surface area contributed by atoms with E-state index < -0.39 is 0 Å². The molecule has 1 aliphatic rings. The van der Waals surface area contributed by atoms with Gasteiger partial charge in [0, 0.05) is 38.5 Å². The minimum absolute atomic E-state index is 0.425. The van der Waals surface area contributed by atoms with E-state index in [0.29, 0.717) is 12.1 Å². The normalized spacial score (nSPS) is 27.4. The SMILES string of the molecule is COC1CNC(CN(C)CCSC)C1. The first kappa shape index (κ1) is 12.3. The second-order valence-corrected chi connectivity index (χ2v) is 4.94. The monoisotopic (exact) mass is 218 g/mol. The zero-order valence-electron chi connectivity index (χ0n) is 9.45. The van der Waals surface area contributed by atoms with Crippen molar-refractivity contribution in [2.45, 2.75) is 18.6 Å². The molecule has 0 bridgehead atoms. The first-order valence-electron chi connectivity index (χ1n) is 5.20. The molecule has 0 aromatic rings. The van der Waals surface area contributed by atoms with Crippen molar-refractivity contribution in [1.29, 1.82) is 0 Å². The van der Waals surface area contributed by atoms with E-state index in [-0.39, 0.29) is 0 Å². The van der Waals surface area contributed by atoms with Crippen LogP contribution >= 0.6 is 11.8 Å². The number of thioether (sulfide) groups is 1. The molecule has 0 aromatic carbocycles.